The van der Waals surface area contributed by atoms with Gasteiger partial charge in [0.05, 0.1) is 17.1 Å². The Labute approximate surface area is 216 Å². The molecule has 2 N–H and O–H groups in total. The van der Waals surface area contributed by atoms with Gasteiger partial charge in [-0.3, -0.25) is 4.79 Å². The quantitative estimate of drug-likeness (QED) is 0.397. The van der Waals surface area contributed by atoms with E-state index in [0.29, 0.717) is 11.9 Å². The predicted octanol–water partition coefficient (Wildman–Crippen LogP) is 6.19. The fraction of sp³-hybridized carbons (Fsp3) is 0.393. The molecular weight excluding hydrogens is 476 g/mol. The van der Waals surface area contributed by atoms with E-state index in [1.807, 2.05) is 72.7 Å². The van der Waals surface area contributed by atoms with E-state index in [9.17, 15) is 18.4 Å². The molecule has 198 valence electrons. The van der Waals surface area contributed by atoms with Gasteiger partial charge in [-0.05, 0) is 43.5 Å². The molecule has 1 aromatic heterocycles. The molecule has 3 amide bonds. The fourth-order valence-electron chi connectivity index (χ4n) is 3.86. The molecule has 2 aromatic carbocycles. The molecule has 0 unspecified atom stereocenters. The summed E-state index contributed by atoms with van der Waals surface area (Å²) < 4.78 is 29.0. The summed E-state index contributed by atoms with van der Waals surface area (Å²) >= 11 is 0. The van der Waals surface area contributed by atoms with Gasteiger partial charge in [0, 0.05) is 24.1 Å². The number of urea groups is 1. The zero-order chi connectivity index (χ0) is 27.5. The largest absolute Gasteiger partial charge is 0.322 e. The third kappa shape index (κ3) is 7.15. The molecule has 0 fully saturated rings. The summed E-state index contributed by atoms with van der Waals surface area (Å²) in [5.74, 6) is -1.54. The van der Waals surface area contributed by atoms with E-state index in [4.69, 9.17) is 5.10 Å². The van der Waals surface area contributed by atoms with Crippen LogP contribution in [0.4, 0.5) is 25.1 Å². The Morgan fingerprint density at radius 2 is 1.73 bits per heavy atom. The van der Waals surface area contributed by atoms with Gasteiger partial charge in [0.25, 0.3) is 0 Å². The second-order valence-corrected chi connectivity index (χ2v) is 10.7. The Hall–Kier alpha value is -3.75. The summed E-state index contributed by atoms with van der Waals surface area (Å²) in [5, 5.41) is 10.1. The topological polar surface area (TPSA) is 79.3 Å². The van der Waals surface area contributed by atoms with Crippen molar-refractivity contribution in [2.24, 2.45) is 5.92 Å². The van der Waals surface area contributed by atoms with Crippen molar-refractivity contribution >= 4 is 23.4 Å². The number of benzene rings is 2. The summed E-state index contributed by atoms with van der Waals surface area (Å²) in [7, 11) is 0. The molecule has 0 radical (unpaired) electrons. The van der Waals surface area contributed by atoms with E-state index in [-0.39, 0.29) is 30.1 Å². The summed E-state index contributed by atoms with van der Waals surface area (Å²) in [6.45, 7) is 13.9. The molecule has 0 bridgehead atoms. The van der Waals surface area contributed by atoms with Gasteiger partial charge in [0.1, 0.15) is 24.0 Å². The minimum atomic E-state index is -0.894. The summed E-state index contributed by atoms with van der Waals surface area (Å²) in [6.07, 6.45) is 0. The Morgan fingerprint density at radius 3 is 2.32 bits per heavy atom. The lowest BCUT2D eigenvalue weighted by atomic mass is 9.92. The van der Waals surface area contributed by atoms with E-state index in [1.54, 1.807) is 4.68 Å². The Morgan fingerprint density at radius 1 is 1.03 bits per heavy atom. The molecule has 3 rings (SSSR count). The van der Waals surface area contributed by atoms with Gasteiger partial charge in [0.15, 0.2) is 0 Å². The zero-order valence-electron chi connectivity index (χ0n) is 22.4. The third-order valence-corrected chi connectivity index (χ3v) is 5.71. The number of aryl methyl sites for hydroxylation is 2. The smallest absolute Gasteiger partial charge is 0.315 e. The van der Waals surface area contributed by atoms with Gasteiger partial charge in [-0.25, -0.2) is 18.3 Å². The second-order valence-electron chi connectivity index (χ2n) is 10.7. The standard InChI is InChI=1S/C28H35F2N5O2/c1-17(2)15-34(27(37)31-22-10-9-20(29)13-21(22)30)16-26(36)32-25-14-24(28(5,6)7)33-35(25)23-11-8-18(3)12-19(23)4/h8-14,17H,15-16H2,1-7H3,(H,31,37)(H,32,36). The average Bonchev–Trinajstić information content (AvgIpc) is 3.18. The number of halogens is 2. The van der Waals surface area contributed by atoms with Crippen LogP contribution in [-0.4, -0.2) is 39.7 Å². The minimum Gasteiger partial charge on any atom is -0.315 e. The van der Waals surface area contributed by atoms with Gasteiger partial charge >= 0.3 is 6.03 Å². The van der Waals surface area contributed by atoms with Gasteiger partial charge in [-0.15, -0.1) is 0 Å². The highest BCUT2D eigenvalue weighted by atomic mass is 19.1. The first kappa shape index (κ1) is 27.8. The minimum absolute atomic E-state index is 0.0462. The van der Waals surface area contributed by atoms with Crippen LogP contribution in [0.2, 0.25) is 0 Å². The first-order chi connectivity index (χ1) is 17.2. The number of hydrogen-bond donors (Lipinski definition) is 2. The number of carbonyl (C=O) groups excluding carboxylic acids is 2. The Balaban J connectivity index is 1.86. The molecule has 0 atom stereocenters. The maximum atomic E-state index is 14.1. The van der Waals surface area contributed by atoms with Gasteiger partial charge < -0.3 is 15.5 Å². The maximum absolute atomic E-state index is 14.1. The van der Waals surface area contributed by atoms with Crippen molar-refractivity contribution in [2.45, 2.75) is 53.9 Å². The molecule has 0 saturated heterocycles. The van der Waals surface area contributed by atoms with Gasteiger partial charge in [0.2, 0.25) is 5.91 Å². The SMILES string of the molecule is Cc1ccc(-n2nc(C(C)(C)C)cc2NC(=O)CN(CC(C)C)C(=O)Nc2ccc(F)cc2F)c(C)c1. The van der Waals surface area contributed by atoms with Crippen molar-refractivity contribution in [1.29, 1.82) is 0 Å². The lowest BCUT2D eigenvalue weighted by Crippen LogP contribution is -2.42. The first-order valence-corrected chi connectivity index (χ1v) is 12.2. The lowest BCUT2D eigenvalue weighted by molar-refractivity contribution is -0.116. The molecule has 0 aliphatic heterocycles. The first-order valence-electron chi connectivity index (χ1n) is 12.2. The molecule has 0 aliphatic rings. The van der Waals surface area contributed by atoms with Crippen LogP contribution in [0.1, 0.15) is 51.4 Å². The number of anilines is 2. The highest BCUT2D eigenvalue weighted by molar-refractivity contribution is 5.96. The van der Waals surface area contributed by atoms with Crippen LogP contribution in [0.3, 0.4) is 0 Å². The van der Waals surface area contributed by atoms with Crippen LogP contribution in [0, 0.1) is 31.4 Å². The number of nitrogens with one attached hydrogen (secondary N) is 2. The van der Waals surface area contributed by atoms with Crippen molar-refractivity contribution in [1.82, 2.24) is 14.7 Å². The number of aromatic nitrogens is 2. The van der Waals surface area contributed by atoms with Crippen LogP contribution in [-0.2, 0) is 10.2 Å². The van der Waals surface area contributed by atoms with Crippen LogP contribution in [0.15, 0.2) is 42.5 Å². The average molecular weight is 512 g/mol. The van der Waals surface area contributed by atoms with E-state index in [0.717, 1.165) is 34.6 Å². The van der Waals surface area contributed by atoms with E-state index in [1.165, 1.54) is 4.90 Å². The van der Waals surface area contributed by atoms with Crippen molar-refractivity contribution in [2.75, 3.05) is 23.7 Å². The molecule has 1 heterocycles. The van der Waals surface area contributed by atoms with Gasteiger partial charge in [-0.1, -0.05) is 52.3 Å². The number of nitrogens with zero attached hydrogens (tertiary/aromatic N) is 3. The molecular formula is C28H35F2N5O2. The lowest BCUT2D eigenvalue weighted by Gasteiger charge is -2.24. The molecule has 0 aliphatic carbocycles. The Bertz CT molecular complexity index is 1290. The van der Waals surface area contributed by atoms with Crippen molar-refractivity contribution in [3.8, 4) is 5.69 Å². The molecule has 7 nitrogen and oxygen atoms in total. The van der Waals surface area contributed by atoms with Crippen LogP contribution >= 0.6 is 0 Å². The molecule has 37 heavy (non-hydrogen) atoms. The predicted molar refractivity (Wildman–Crippen MR) is 142 cm³/mol. The number of amides is 3. The summed E-state index contributed by atoms with van der Waals surface area (Å²) in [6, 6.07) is 10.0. The van der Waals surface area contributed by atoms with Crippen molar-refractivity contribution in [3.63, 3.8) is 0 Å². The Kier molecular flexibility index (Phi) is 8.35. The second kappa shape index (κ2) is 11.1. The zero-order valence-corrected chi connectivity index (χ0v) is 22.4. The van der Waals surface area contributed by atoms with Crippen molar-refractivity contribution in [3.05, 3.63) is 70.9 Å². The number of carbonyl (C=O) groups is 2. The maximum Gasteiger partial charge on any atom is 0.322 e. The number of rotatable bonds is 7. The van der Waals surface area contributed by atoms with Crippen LogP contribution in [0.5, 0.6) is 0 Å². The highest BCUT2D eigenvalue weighted by Crippen LogP contribution is 2.28. The third-order valence-electron chi connectivity index (χ3n) is 5.71. The van der Waals surface area contributed by atoms with E-state index < -0.39 is 23.6 Å². The van der Waals surface area contributed by atoms with E-state index in [2.05, 4.69) is 10.6 Å². The molecule has 9 heteroatoms. The van der Waals surface area contributed by atoms with Crippen molar-refractivity contribution < 1.29 is 18.4 Å². The fourth-order valence-corrected chi connectivity index (χ4v) is 3.86. The molecule has 0 spiro atoms. The van der Waals surface area contributed by atoms with Gasteiger partial charge in [-0.2, -0.15) is 5.10 Å². The molecule has 3 aromatic rings. The highest BCUT2D eigenvalue weighted by Gasteiger charge is 2.24. The molecule has 0 saturated carbocycles. The normalized spacial score (nSPS) is 11.5. The van der Waals surface area contributed by atoms with Crippen LogP contribution < -0.4 is 10.6 Å². The monoisotopic (exact) mass is 511 g/mol. The number of hydrogen-bond acceptors (Lipinski definition) is 3. The van der Waals surface area contributed by atoms with Crippen LogP contribution in [0.25, 0.3) is 5.69 Å². The summed E-state index contributed by atoms with van der Waals surface area (Å²) in [4.78, 5) is 27.4. The summed E-state index contributed by atoms with van der Waals surface area (Å²) in [5.41, 5.74) is 3.32. The van der Waals surface area contributed by atoms with E-state index >= 15 is 0 Å².